The molecule has 40 heavy (non-hydrogen) atoms. The molecule has 0 spiro atoms. The number of ether oxygens (including phenoxy) is 2. The van der Waals surface area contributed by atoms with Gasteiger partial charge < -0.3 is 19.2 Å². The van der Waals surface area contributed by atoms with Gasteiger partial charge in [0.15, 0.2) is 11.4 Å². The van der Waals surface area contributed by atoms with Gasteiger partial charge in [0.05, 0.1) is 34.5 Å². The summed E-state index contributed by atoms with van der Waals surface area (Å²) < 4.78 is 17.7. The van der Waals surface area contributed by atoms with Crippen LogP contribution in [0.3, 0.4) is 0 Å². The van der Waals surface area contributed by atoms with Crippen molar-refractivity contribution in [3.05, 3.63) is 105 Å². The highest BCUT2D eigenvalue weighted by Crippen LogP contribution is 2.30. The third-order valence-corrected chi connectivity index (χ3v) is 6.01. The quantitative estimate of drug-likeness (QED) is 0.138. The summed E-state index contributed by atoms with van der Waals surface area (Å²) >= 11 is 6.06. The maximum absolute atomic E-state index is 12.9. The number of nitrogens with zero attached hydrogens (tertiary/aromatic N) is 4. The molecule has 0 saturated heterocycles. The second-order valence-corrected chi connectivity index (χ2v) is 8.71. The SMILES string of the molecule is CCOC(=O)c1cnn2c(-c3cccc(NC(=O)c4ccc(COc5cc([N+](=O)[O-])ccc5Cl)o4)c3)ccnc12. The van der Waals surface area contributed by atoms with E-state index in [-0.39, 0.29) is 41.0 Å². The number of nitrogens with one attached hydrogen (secondary N) is 1. The second-order valence-electron chi connectivity index (χ2n) is 8.31. The standard InChI is InChI=1S/C27H20ClN5O7/c1-2-38-27(35)20-14-30-32-22(10-11-29-25(20)32)16-4-3-5-17(12-16)31-26(34)23-9-7-19(40-23)15-39-24-13-18(33(36)37)6-8-21(24)28/h3-14H,2,15H2,1H3,(H,31,34). The van der Waals surface area contributed by atoms with Gasteiger partial charge in [0.2, 0.25) is 0 Å². The van der Waals surface area contributed by atoms with Gasteiger partial charge in [-0.25, -0.2) is 14.3 Å². The summed E-state index contributed by atoms with van der Waals surface area (Å²) in [5, 5.41) is 18.3. The van der Waals surface area contributed by atoms with Crippen LogP contribution in [0.4, 0.5) is 11.4 Å². The van der Waals surface area contributed by atoms with E-state index >= 15 is 0 Å². The number of nitro benzene ring substituents is 1. The zero-order valence-corrected chi connectivity index (χ0v) is 21.6. The fourth-order valence-corrected chi connectivity index (χ4v) is 4.03. The van der Waals surface area contributed by atoms with Crippen LogP contribution in [-0.4, -0.2) is 38.0 Å². The minimum absolute atomic E-state index is 0.0339. The molecule has 13 heteroatoms. The number of benzene rings is 2. The molecular weight excluding hydrogens is 542 g/mol. The maximum Gasteiger partial charge on any atom is 0.343 e. The third-order valence-electron chi connectivity index (χ3n) is 5.69. The maximum atomic E-state index is 12.9. The predicted molar refractivity (Wildman–Crippen MR) is 143 cm³/mol. The van der Waals surface area contributed by atoms with Gasteiger partial charge in [0.25, 0.3) is 11.6 Å². The highest BCUT2D eigenvalue weighted by atomic mass is 35.5. The number of carbonyl (C=O) groups is 2. The van der Waals surface area contributed by atoms with Crippen LogP contribution >= 0.6 is 11.6 Å². The number of furan rings is 1. The van der Waals surface area contributed by atoms with Crippen LogP contribution in [0, 0.1) is 10.1 Å². The van der Waals surface area contributed by atoms with Crippen LogP contribution in [0.1, 0.15) is 33.6 Å². The number of fused-ring (bicyclic) bond motifs is 1. The van der Waals surface area contributed by atoms with Crippen molar-refractivity contribution >= 4 is 40.5 Å². The van der Waals surface area contributed by atoms with Gasteiger partial charge in [0, 0.05) is 23.5 Å². The molecule has 0 bridgehead atoms. The van der Waals surface area contributed by atoms with Gasteiger partial charge in [0.1, 0.15) is 23.7 Å². The molecule has 12 nitrogen and oxygen atoms in total. The van der Waals surface area contributed by atoms with E-state index in [0.29, 0.717) is 28.4 Å². The summed E-state index contributed by atoms with van der Waals surface area (Å²) in [4.78, 5) is 39.8. The van der Waals surface area contributed by atoms with E-state index in [0.717, 1.165) is 0 Å². The molecule has 202 valence electrons. The van der Waals surface area contributed by atoms with E-state index in [9.17, 15) is 19.7 Å². The van der Waals surface area contributed by atoms with Gasteiger partial charge in [-0.1, -0.05) is 23.7 Å². The monoisotopic (exact) mass is 561 g/mol. The Morgan fingerprint density at radius 2 is 2.00 bits per heavy atom. The van der Waals surface area contributed by atoms with E-state index in [1.807, 2.05) is 6.07 Å². The number of halogens is 1. The van der Waals surface area contributed by atoms with E-state index in [4.69, 9.17) is 25.5 Å². The van der Waals surface area contributed by atoms with E-state index < -0.39 is 16.8 Å². The number of aromatic nitrogens is 3. The van der Waals surface area contributed by atoms with Crippen molar-refractivity contribution in [2.24, 2.45) is 0 Å². The van der Waals surface area contributed by atoms with Crippen LogP contribution < -0.4 is 10.1 Å². The Kier molecular flexibility index (Phi) is 7.42. The Balaban J connectivity index is 1.29. The molecule has 5 aromatic rings. The molecule has 0 aliphatic rings. The Labute approximate surface area is 231 Å². The van der Waals surface area contributed by atoms with Crippen LogP contribution in [0.2, 0.25) is 5.02 Å². The first-order chi connectivity index (χ1) is 19.3. The smallest absolute Gasteiger partial charge is 0.343 e. The van der Waals surface area contributed by atoms with E-state index in [1.165, 1.54) is 35.0 Å². The normalized spacial score (nSPS) is 10.8. The predicted octanol–water partition coefficient (Wildman–Crippen LogP) is 5.56. The molecule has 1 amide bonds. The zero-order valence-electron chi connectivity index (χ0n) is 20.9. The fraction of sp³-hybridized carbons (Fsp3) is 0.111. The van der Waals surface area contributed by atoms with Gasteiger partial charge >= 0.3 is 5.97 Å². The molecule has 0 unspecified atom stereocenters. The minimum Gasteiger partial charge on any atom is -0.484 e. The Morgan fingerprint density at radius 1 is 1.15 bits per heavy atom. The summed E-state index contributed by atoms with van der Waals surface area (Å²) in [5.41, 5.74) is 2.28. The lowest BCUT2D eigenvalue weighted by Crippen LogP contribution is -2.11. The molecule has 3 heterocycles. The Hall–Kier alpha value is -5.23. The van der Waals surface area contributed by atoms with Crippen LogP contribution in [0.5, 0.6) is 5.75 Å². The first kappa shape index (κ1) is 26.4. The highest BCUT2D eigenvalue weighted by Gasteiger charge is 2.18. The molecule has 3 aromatic heterocycles. The minimum atomic E-state index is -0.555. The van der Waals surface area contributed by atoms with Crippen molar-refractivity contribution in [1.82, 2.24) is 14.6 Å². The molecule has 1 N–H and O–H groups in total. The second kappa shape index (κ2) is 11.3. The van der Waals surface area contributed by atoms with Crippen molar-refractivity contribution in [1.29, 1.82) is 0 Å². The van der Waals surface area contributed by atoms with Gasteiger partial charge in [-0.3, -0.25) is 14.9 Å². The molecule has 0 fully saturated rings. The van der Waals surface area contributed by atoms with Crippen molar-refractivity contribution < 1.29 is 28.4 Å². The molecule has 5 rings (SSSR count). The van der Waals surface area contributed by atoms with Gasteiger partial charge in [-0.2, -0.15) is 5.10 Å². The summed E-state index contributed by atoms with van der Waals surface area (Å²) in [7, 11) is 0. The number of rotatable bonds is 9. The summed E-state index contributed by atoms with van der Waals surface area (Å²) in [5.74, 6) is -0.546. The van der Waals surface area contributed by atoms with Crippen molar-refractivity contribution in [3.8, 4) is 17.0 Å². The van der Waals surface area contributed by atoms with Crippen molar-refractivity contribution in [3.63, 3.8) is 0 Å². The topological polar surface area (TPSA) is 151 Å². The number of hydrogen-bond acceptors (Lipinski definition) is 9. The zero-order chi connectivity index (χ0) is 28.2. The van der Waals surface area contributed by atoms with Crippen molar-refractivity contribution in [2.45, 2.75) is 13.5 Å². The number of anilines is 1. The first-order valence-corrected chi connectivity index (χ1v) is 12.3. The molecule has 0 atom stereocenters. The van der Waals surface area contributed by atoms with E-state index in [1.54, 1.807) is 43.5 Å². The number of nitro groups is 1. The molecule has 2 aromatic carbocycles. The number of non-ortho nitro benzene ring substituents is 1. The average Bonchev–Trinajstić information content (AvgIpc) is 3.60. The average molecular weight is 562 g/mol. The van der Waals surface area contributed by atoms with Gasteiger partial charge in [-0.15, -0.1) is 0 Å². The molecule has 0 radical (unpaired) electrons. The Morgan fingerprint density at radius 3 is 2.80 bits per heavy atom. The lowest BCUT2D eigenvalue weighted by atomic mass is 10.1. The molecule has 0 aliphatic heterocycles. The van der Waals surface area contributed by atoms with Crippen LogP contribution in [0.15, 0.2) is 77.5 Å². The molecule has 0 saturated carbocycles. The highest BCUT2D eigenvalue weighted by molar-refractivity contribution is 6.32. The number of carbonyl (C=O) groups excluding carboxylic acids is 2. The van der Waals surface area contributed by atoms with Crippen LogP contribution in [-0.2, 0) is 11.3 Å². The summed E-state index contributed by atoms with van der Waals surface area (Å²) in [6, 6.07) is 15.7. The summed E-state index contributed by atoms with van der Waals surface area (Å²) in [6.45, 7) is 1.85. The lowest BCUT2D eigenvalue weighted by Gasteiger charge is -2.08. The van der Waals surface area contributed by atoms with Crippen LogP contribution in [0.25, 0.3) is 16.9 Å². The number of amides is 1. The van der Waals surface area contributed by atoms with Gasteiger partial charge in [-0.05, 0) is 43.3 Å². The lowest BCUT2D eigenvalue weighted by molar-refractivity contribution is -0.384. The Bertz CT molecular complexity index is 1750. The molecular formula is C27H20ClN5O7. The van der Waals surface area contributed by atoms with E-state index in [2.05, 4.69) is 15.4 Å². The molecule has 0 aliphatic carbocycles. The first-order valence-electron chi connectivity index (χ1n) is 11.9. The number of esters is 1. The largest absolute Gasteiger partial charge is 0.484 e. The fourth-order valence-electron chi connectivity index (χ4n) is 3.85. The number of hydrogen-bond donors (Lipinski definition) is 1. The summed E-state index contributed by atoms with van der Waals surface area (Å²) in [6.07, 6.45) is 2.97. The third kappa shape index (κ3) is 5.47. The van der Waals surface area contributed by atoms with Crippen molar-refractivity contribution in [2.75, 3.05) is 11.9 Å².